The Morgan fingerprint density at radius 3 is 2.29 bits per heavy atom. The summed E-state index contributed by atoms with van der Waals surface area (Å²) in [5, 5.41) is 0. The molecule has 1 rings (SSSR count). The number of amides is 1. The zero-order valence-corrected chi connectivity index (χ0v) is 20.7. The molecule has 0 atom stereocenters. The number of allylic oxidation sites excluding steroid dienone is 4. The van der Waals surface area contributed by atoms with Crippen LogP contribution in [0, 0.1) is 5.41 Å². The molecule has 5 nitrogen and oxygen atoms in total. The quantitative estimate of drug-likeness (QED) is 0.254. The predicted octanol–water partition coefficient (Wildman–Crippen LogP) is 6.65. The van der Waals surface area contributed by atoms with Crippen LogP contribution in [0.3, 0.4) is 0 Å². The van der Waals surface area contributed by atoms with E-state index >= 15 is 0 Å². The van der Waals surface area contributed by atoms with Gasteiger partial charge in [0.1, 0.15) is 5.60 Å². The first kappa shape index (κ1) is 27.4. The van der Waals surface area contributed by atoms with Crippen LogP contribution in [0.5, 0.6) is 0 Å². The monoisotopic (exact) mass is 435 g/mol. The van der Waals surface area contributed by atoms with Crippen LogP contribution in [0.25, 0.3) is 0 Å². The Hall–Kier alpha value is -1.59. The van der Waals surface area contributed by atoms with E-state index in [0.29, 0.717) is 26.3 Å². The maximum absolute atomic E-state index is 12.5. The molecule has 0 radical (unpaired) electrons. The maximum atomic E-state index is 12.5. The molecule has 5 heteroatoms. The van der Waals surface area contributed by atoms with E-state index < -0.39 is 11.4 Å². The van der Waals surface area contributed by atoms with E-state index in [0.717, 1.165) is 38.5 Å². The summed E-state index contributed by atoms with van der Waals surface area (Å²) in [7, 11) is 0. The highest BCUT2D eigenvalue weighted by molar-refractivity contribution is 5.68. The number of unbranched alkanes of at least 4 members (excludes halogenated alkanes) is 2. The van der Waals surface area contributed by atoms with Crippen LogP contribution in [0.1, 0.15) is 80.1 Å². The van der Waals surface area contributed by atoms with Gasteiger partial charge in [-0.15, -0.1) is 6.58 Å². The molecule has 0 unspecified atom stereocenters. The number of hydrogen-bond acceptors (Lipinski definition) is 4. The molecule has 0 aliphatic carbocycles. The molecule has 31 heavy (non-hydrogen) atoms. The number of carbonyl (C=O) groups is 1. The van der Waals surface area contributed by atoms with Gasteiger partial charge < -0.3 is 19.1 Å². The van der Waals surface area contributed by atoms with Crippen molar-refractivity contribution in [1.29, 1.82) is 0 Å². The zero-order chi connectivity index (χ0) is 23.4. The summed E-state index contributed by atoms with van der Waals surface area (Å²) in [6.45, 7) is 18.3. The van der Waals surface area contributed by atoms with Gasteiger partial charge >= 0.3 is 6.09 Å². The third kappa shape index (κ3) is 11.6. The summed E-state index contributed by atoms with van der Waals surface area (Å²) in [4.78, 5) is 14.3. The number of rotatable bonds is 12. The lowest BCUT2D eigenvalue weighted by molar-refractivity contribution is -0.284. The average Bonchev–Trinajstić information content (AvgIpc) is 2.67. The number of carbonyl (C=O) groups excluding carboxylic acids is 1. The van der Waals surface area contributed by atoms with Gasteiger partial charge in [0.05, 0.1) is 13.2 Å². The summed E-state index contributed by atoms with van der Waals surface area (Å²) in [5.41, 5.74) is -0.527. The van der Waals surface area contributed by atoms with Crippen LogP contribution in [-0.2, 0) is 14.2 Å². The molecular weight excluding hydrogens is 390 g/mol. The highest BCUT2D eigenvalue weighted by Gasteiger charge is 2.38. The van der Waals surface area contributed by atoms with Crippen LogP contribution in [0.15, 0.2) is 37.0 Å². The van der Waals surface area contributed by atoms with Crippen molar-refractivity contribution in [3.8, 4) is 0 Å². The maximum Gasteiger partial charge on any atom is 0.410 e. The fourth-order valence-electron chi connectivity index (χ4n) is 3.28. The average molecular weight is 436 g/mol. The second-order valence-electron chi connectivity index (χ2n) is 9.97. The lowest BCUT2D eigenvalue weighted by Gasteiger charge is -2.42. The van der Waals surface area contributed by atoms with E-state index in [2.05, 4.69) is 37.8 Å². The Morgan fingerprint density at radius 1 is 1.06 bits per heavy atom. The molecule has 1 aliphatic heterocycles. The molecule has 178 valence electrons. The van der Waals surface area contributed by atoms with Gasteiger partial charge in [0.15, 0.2) is 5.79 Å². The molecule has 0 N–H and O–H groups in total. The Morgan fingerprint density at radius 2 is 1.71 bits per heavy atom. The molecule has 1 saturated heterocycles. The minimum Gasteiger partial charge on any atom is -0.444 e. The molecule has 1 amide bonds. The Kier molecular flexibility index (Phi) is 11.6. The second kappa shape index (κ2) is 13.1. The van der Waals surface area contributed by atoms with E-state index in [1.54, 1.807) is 4.90 Å². The smallest absolute Gasteiger partial charge is 0.410 e. The van der Waals surface area contributed by atoms with Crippen molar-refractivity contribution in [3.05, 3.63) is 37.0 Å². The van der Waals surface area contributed by atoms with E-state index in [-0.39, 0.29) is 11.5 Å². The molecule has 0 aromatic heterocycles. The molecule has 0 spiro atoms. The van der Waals surface area contributed by atoms with Crippen LogP contribution in [0.4, 0.5) is 4.79 Å². The second-order valence-corrected chi connectivity index (χ2v) is 9.97. The molecule has 0 saturated carbocycles. The summed E-state index contributed by atoms with van der Waals surface area (Å²) in [6.07, 6.45) is 16.0. The highest BCUT2D eigenvalue weighted by atomic mass is 16.7. The van der Waals surface area contributed by atoms with Crippen molar-refractivity contribution in [2.45, 2.75) is 91.5 Å². The molecule has 0 aromatic rings. The van der Waals surface area contributed by atoms with Crippen molar-refractivity contribution >= 4 is 6.09 Å². The molecule has 0 bridgehead atoms. The van der Waals surface area contributed by atoms with Crippen LogP contribution < -0.4 is 0 Å². The first-order chi connectivity index (χ1) is 14.5. The van der Waals surface area contributed by atoms with Crippen molar-refractivity contribution in [2.24, 2.45) is 5.41 Å². The lowest BCUT2D eigenvalue weighted by atomic mass is 9.81. The Labute approximate surface area is 190 Å². The molecule has 1 fully saturated rings. The van der Waals surface area contributed by atoms with E-state index in [9.17, 15) is 4.79 Å². The molecule has 1 heterocycles. The fraction of sp³-hybridized carbons (Fsp3) is 0.731. The highest BCUT2D eigenvalue weighted by Crippen LogP contribution is 2.36. The van der Waals surface area contributed by atoms with Gasteiger partial charge in [-0.25, -0.2) is 4.79 Å². The van der Waals surface area contributed by atoms with Gasteiger partial charge in [-0.05, 0) is 66.7 Å². The largest absolute Gasteiger partial charge is 0.444 e. The Bertz CT molecular complexity index is 591. The minimum absolute atomic E-state index is 0.0413. The predicted molar refractivity (Wildman–Crippen MR) is 128 cm³/mol. The van der Waals surface area contributed by atoms with Crippen molar-refractivity contribution in [3.63, 3.8) is 0 Å². The van der Waals surface area contributed by atoms with Crippen LogP contribution >= 0.6 is 0 Å². The van der Waals surface area contributed by atoms with Gasteiger partial charge in [0, 0.05) is 18.5 Å². The SMILES string of the molecule is C=CCC1(C/C=C/CCCN(C/C=C/CCC)C(=O)OC(C)(C)C)COC(C)(C)OC1. The number of hydrogen-bond donors (Lipinski definition) is 0. The van der Waals surface area contributed by atoms with Crippen molar-refractivity contribution in [2.75, 3.05) is 26.3 Å². The lowest BCUT2D eigenvalue weighted by Crippen LogP contribution is -2.46. The van der Waals surface area contributed by atoms with Gasteiger partial charge in [-0.3, -0.25) is 0 Å². The first-order valence-electron chi connectivity index (χ1n) is 11.7. The van der Waals surface area contributed by atoms with Crippen LogP contribution in [0.2, 0.25) is 0 Å². The summed E-state index contributed by atoms with van der Waals surface area (Å²) >= 11 is 0. The van der Waals surface area contributed by atoms with Crippen molar-refractivity contribution < 1.29 is 19.0 Å². The van der Waals surface area contributed by atoms with Gasteiger partial charge in [0.2, 0.25) is 0 Å². The minimum atomic E-state index is -0.509. The number of nitrogens with zero attached hydrogens (tertiary/aromatic N) is 1. The normalized spacial score (nSPS) is 18.4. The summed E-state index contributed by atoms with van der Waals surface area (Å²) in [6, 6.07) is 0. The molecular formula is C26H45NO4. The van der Waals surface area contributed by atoms with Gasteiger partial charge in [0.25, 0.3) is 0 Å². The first-order valence-corrected chi connectivity index (χ1v) is 11.7. The summed E-state index contributed by atoms with van der Waals surface area (Å²) < 4.78 is 17.4. The number of ether oxygens (including phenoxy) is 3. The van der Waals surface area contributed by atoms with E-state index in [4.69, 9.17) is 14.2 Å². The van der Waals surface area contributed by atoms with Gasteiger partial charge in [-0.2, -0.15) is 0 Å². The molecule has 0 aromatic carbocycles. The third-order valence-corrected chi connectivity index (χ3v) is 5.15. The molecule has 1 aliphatic rings. The Balaban J connectivity index is 2.52. The standard InChI is InChI=1S/C26H45NO4/c1-8-10-11-15-19-27(23(28)31-24(3,4)5)20-16-13-12-14-18-26(17-9-2)21-29-25(6,7)30-22-26/h9,11-12,14-15H,2,8,10,13,16-22H2,1,3-7H3/b14-12+,15-11+. The zero-order valence-electron chi connectivity index (χ0n) is 20.7. The summed E-state index contributed by atoms with van der Waals surface area (Å²) in [5.74, 6) is -0.509. The third-order valence-electron chi connectivity index (χ3n) is 5.15. The van der Waals surface area contributed by atoms with Crippen LogP contribution in [-0.4, -0.2) is 48.7 Å². The van der Waals surface area contributed by atoms with Gasteiger partial charge in [-0.1, -0.05) is 43.7 Å². The topological polar surface area (TPSA) is 48.0 Å². The fourth-order valence-corrected chi connectivity index (χ4v) is 3.28. The van der Waals surface area contributed by atoms with Crippen molar-refractivity contribution in [1.82, 2.24) is 4.90 Å². The van der Waals surface area contributed by atoms with E-state index in [1.807, 2.05) is 40.7 Å². The van der Waals surface area contributed by atoms with E-state index in [1.165, 1.54) is 0 Å².